The average Bonchev–Trinajstić information content (AvgIpc) is 3.08. The van der Waals surface area contributed by atoms with Gasteiger partial charge in [-0.2, -0.15) is 5.26 Å². The number of rotatable bonds is 13. The minimum Gasteiger partial charge on any atom is -0.329 e. The molecular formula is C19H35NO4. The Morgan fingerprint density at radius 1 is 0.958 bits per heavy atom. The second kappa shape index (κ2) is 13.2. The monoisotopic (exact) mass is 341 g/mol. The summed E-state index contributed by atoms with van der Waals surface area (Å²) in [7, 11) is 0. The molecule has 0 aliphatic carbocycles. The van der Waals surface area contributed by atoms with E-state index >= 15 is 0 Å². The van der Waals surface area contributed by atoms with Gasteiger partial charge in [0.25, 0.3) is 0 Å². The van der Waals surface area contributed by atoms with Gasteiger partial charge in [-0.1, -0.05) is 71.1 Å². The SMILES string of the molecule is CCCCCCCCCCCCCC(=O)N1CCCC1C(=O)OO. The van der Waals surface area contributed by atoms with Crippen LogP contribution in [0.5, 0.6) is 0 Å². The lowest BCUT2D eigenvalue weighted by Gasteiger charge is -2.21. The number of unbranched alkanes of at least 4 members (excludes halogenated alkanes) is 10. The van der Waals surface area contributed by atoms with E-state index in [1.807, 2.05) is 0 Å². The van der Waals surface area contributed by atoms with Gasteiger partial charge < -0.3 is 4.90 Å². The van der Waals surface area contributed by atoms with Crippen molar-refractivity contribution in [2.75, 3.05) is 6.54 Å². The Balaban J connectivity index is 1.99. The molecule has 1 aliphatic rings. The maximum absolute atomic E-state index is 12.2. The molecule has 1 heterocycles. The zero-order valence-electron chi connectivity index (χ0n) is 15.3. The van der Waals surface area contributed by atoms with Crippen LogP contribution in [0.1, 0.15) is 96.8 Å². The maximum Gasteiger partial charge on any atom is 0.364 e. The Hall–Kier alpha value is -1.10. The highest BCUT2D eigenvalue weighted by atomic mass is 17.1. The zero-order chi connectivity index (χ0) is 17.6. The Morgan fingerprint density at radius 2 is 1.50 bits per heavy atom. The molecule has 0 aromatic rings. The fourth-order valence-electron chi connectivity index (χ4n) is 3.46. The third-order valence-corrected chi connectivity index (χ3v) is 4.93. The summed E-state index contributed by atoms with van der Waals surface area (Å²) in [6.07, 6.45) is 15.7. The molecule has 0 aromatic heterocycles. The van der Waals surface area contributed by atoms with Gasteiger partial charge in [-0.25, -0.2) is 4.79 Å². The van der Waals surface area contributed by atoms with Crippen molar-refractivity contribution in [1.29, 1.82) is 0 Å². The molecule has 1 saturated heterocycles. The molecule has 0 radical (unpaired) electrons. The first-order valence-electron chi connectivity index (χ1n) is 9.85. The second-order valence-electron chi connectivity index (χ2n) is 6.94. The van der Waals surface area contributed by atoms with Crippen molar-refractivity contribution >= 4 is 11.9 Å². The van der Waals surface area contributed by atoms with Crippen molar-refractivity contribution in [2.45, 2.75) is 103 Å². The first-order chi connectivity index (χ1) is 11.7. The van der Waals surface area contributed by atoms with E-state index in [4.69, 9.17) is 5.26 Å². The molecule has 24 heavy (non-hydrogen) atoms. The first kappa shape index (κ1) is 20.9. The summed E-state index contributed by atoms with van der Waals surface area (Å²) in [5, 5.41) is 8.48. The summed E-state index contributed by atoms with van der Waals surface area (Å²) in [6, 6.07) is -0.588. The van der Waals surface area contributed by atoms with Gasteiger partial charge in [0.15, 0.2) is 0 Å². The second-order valence-corrected chi connectivity index (χ2v) is 6.94. The van der Waals surface area contributed by atoms with Crippen molar-refractivity contribution in [2.24, 2.45) is 0 Å². The summed E-state index contributed by atoms with van der Waals surface area (Å²) in [6.45, 7) is 2.84. The Labute approximate surface area is 146 Å². The van der Waals surface area contributed by atoms with Crippen LogP contribution in [-0.2, 0) is 14.5 Å². The Morgan fingerprint density at radius 3 is 2.04 bits per heavy atom. The standard InChI is InChI=1S/C19H35NO4/c1-2-3-4-5-6-7-8-9-10-11-12-15-18(21)20-16-13-14-17(20)19(22)24-23/h17,23H,2-16H2,1H3. The van der Waals surface area contributed by atoms with E-state index < -0.39 is 12.0 Å². The van der Waals surface area contributed by atoms with Gasteiger partial charge in [-0.3, -0.25) is 9.68 Å². The van der Waals surface area contributed by atoms with Gasteiger partial charge >= 0.3 is 5.97 Å². The number of carbonyl (C=O) groups excluding carboxylic acids is 2. The van der Waals surface area contributed by atoms with Gasteiger partial charge in [0, 0.05) is 13.0 Å². The zero-order valence-corrected chi connectivity index (χ0v) is 15.3. The van der Waals surface area contributed by atoms with Gasteiger partial charge in [0.2, 0.25) is 5.91 Å². The topological polar surface area (TPSA) is 66.8 Å². The Bertz CT molecular complexity index is 359. The number of likely N-dealkylation sites (tertiary alicyclic amines) is 1. The molecule has 140 valence electrons. The number of hydrogen-bond acceptors (Lipinski definition) is 4. The molecule has 0 bridgehead atoms. The largest absolute Gasteiger partial charge is 0.364 e. The van der Waals surface area contributed by atoms with Crippen LogP contribution in [-0.4, -0.2) is 34.6 Å². The van der Waals surface area contributed by atoms with Gasteiger partial charge in [-0.05, 0) is 19.3 Å². The lowest BCUT2D eigenvalue weighted by Crippen LogP contribution is -2.41. The van der Waals surface area contributed by atoms with Crippen LogP contribution in [0.15, 0.2) is 0 Å². The van der Waals surface area contributed by atoms with Crippen molar-refractivity contribution in [3.63, 3.8) is 0 Å². The molecule has 5 nitrogen and oxygen atoms in total. The van der Waals surface area contributed by atoms with E-state index in [0.717, 1.165) is 19.3 Å². The number of amides is 1. The first-order valence-corrected chi connectivity index (χ1v) is 9.85. The molecule has 1 atom stereocenters. The lowest BCUT2D eigenvalue weighted by atomic mass is 10.1. The normalized spacial score (nSPS) is 17.2. The van der Waals surface area contributed by atoms with E-state index in [-0.39, 0.29) is 5.91 Å². The van der Waals surface area contributed by atoms with Crippen molar-refractivity contribution in [3.05, 3.63) is 0 Å². The average molecular weight is 341 g/mol. The smallest absolute Gasteiger partial charge is 0.329 e. The third kappa shape index (κ3) is 8.13. The van der Waals surface area contributed by atoms with Crippen LogP contribution in [0.4, 0.5) is 0 Å². The molecule has 0 aromatic carbocycles. The van der Waals surface area contributed by atoms with Crippen LogP contribution < -0.4 is 0 Å². The minimum absolute atomic E-state index is 0.0128. The van der Waals surface area contributed by atoms with Crippen LogP contribution in [0.2, 0.25) is 0 Å². The predicted molar refractivity (Wildman–Crippen MR) is 94.5 cm³/mol. The van der Waals surface area contributed by atoms with E-state index in [1.54, 1.807) is 4.90 Å². The summed E-state index contributed by atoms with van der Waals surface area (Å²) in [4.78, 5) is 29.0. The summed E-state index contributed by atoms with van der Waals surface area (Å²) >= 11 is 0. The summed E-state index contributed by atoms with van der Waals surface area (Å²) in [5.41, 5.74) is 0. The van der Waals surface area contributed by atoms with Crippen molar-refractivity contribution in [3.8, 4) is 0 Å². The van der Waals surface area contributed by atoms with Crippen LogP contribution >= 0.6 is 0 Å². The van der Waals surface area contributed by atoms with Gasteiger partial charge in [0.05, 0.1) is 0 Å². The molecular weight excluding hydrogens is 306 g/mol. The highest BCUT2D eigenvalue weighted by molar-refractivity contribution is 5.84. The highest BCUT2D eigenvalue weighted by Crippen LogP contribution is 2.20. The fourth-order valence-corrected chi connectivity index (χ4v) is 3.46. The molecule has 1 rings (SSSR count). The fraction of sp³-hybridized carbons (Fsp3) is 0.895. The van der Waals surface area contributed by atoms with Gasteiger partial charge in [0.1, 0.15) is 6.04 Å². The molecule has 5 heteroatoms. The predicted octanol–water partition coefficient (Wildman–Crippen LogP) is 4.69. The van der Waals surface area contributed by atoms with E-state index in [1.165, 1.54) is 57.8 Å². The highest BCUT2D eigenvalue weighted by Gasteiger charge is 2.35. The summed E-state index contributed by atoms with van der Waals surface area (Å²) in [5.74, 6) is -0.696. The molecule has 0 saturated carbocycles. The maximum atomic E-state index is 12.2. The van der Waals surface area contributed by atoms with Crippen LogP contribution in [0.25, 0.3) is 0 Å². The van der Waals surface area contributed by atoms with E-state index in [2.05, 4.69) is 11.8 Å². The minimum atomic E-state index is -0.709. The van der Waals surface area contributed by atoms with E-state index in [0.29, 0.717) is 19.4 Å². The quantitative estimate of drug-likeness (QED) is 0.300. The van der Waals surface area contributed by atoms with E-state index in [9.17, 15) is 9.59 Å². The number of carbonyl (C=O) groups is 2. The van der Waals surface area contributed by atoms with Crippen LogP contribution in [0, 0.1) is 0 Å². The molecule has 1 amide bonds. The lowest BCUT2D eigenvalue weighted by molar-refractivity contribution is -0.238. The van der Waals surface area contributed by atoms with Gasteiger partial charge in [-0.15, -0.1) is 0 Å². The van der Waals surface area contributed by atoms with Crippen molar-refractivity contribution < 1.29 is 19.7 Å². The van der Waals surface area contributed by atoms with Crippen LogP contribution in [0.3, 0.4) is 0 Å². The molecule has 1 unspecified atom stereocenters. The molecule has 1 fully saturated rings. The number of nitrogens with zero attached hydrogens (tertiary/aromatic N) is 1. The number of hydrogen-bond donors (Lipinski definition) is 1. The molecule has 1 aliphatic heterocycles. The summed E-state index contributed by atoms with van der Waals surface area (Å²) < 4.78 is 0. The van der Waals surface area contributed by atoms with Crippen molar-refractivity contribution in [1.82, 2.24) is 4.90 Å². The molecule has 1 N–H and O–H groups in total. The Kier molecular flexibility index (Phi) is 11.5. The third-order valence-electron chi connectivity index (χ3n) is 4.93. The molecule has 0 spiro atoms.